The van der Waals surface area contributed by atoms with Crippen LogP contribution in [0.5, 0.6) is 5.75 Å². The van der Waals surface area contributed by atoms with Crippen LogP contribution in [0.3, 0.4) is 0 Å². The number of aliphatic imine (C=N–C) groups is 1. The minimum atomic E-state index is -3.00. The van der Waals surface area contributed by atoms with Gasteiger partial charge in [-0.3, -0.25) is 4.79 Å². The maximum absolute atomic E-state index is 14.8. The van der Waals surface area contributed by atoms with Gasteiger partial charge in [0.15, 0.2) is 17.9 Å². The largest absolute Gasteiger partial charge is 0.482 e. The third-order valence-corrected chi connectivity index (χ3v) is 5.89. The number of Topliss-reactive ketones (excluding diaryl/α,β-unsaturated/α-hetero) is 1. The van der Waals surface area contributed by atoms with E-state index in [2.05, 4.69) is 15.0 Å². The second-order valence-electron chi connectivity index (χ2n) is 8.08. The van der Waals surface area contributed by atoms with E-state index in [0.717, 1.165) is 6.07 Å². The Balaban J connectivity index is 1.34. The Hall–Kier alpha value is -3.89. The van der Waals surface area contributed by atoms with Crippen molar-refractivity contribution in [2.75, 3.05) is 0 Å². The van der Waals surface area contributed by atoms with Crippen LogP contribution in [-0.2, 0) is 23.3 Å². The van der Waals surface area contributed by atoms with Gasteiger partial charge in [-0.25, -0.2) is 28.1 Å². The van der Waals surface area contributed by atoms with Gasteiger partial charge in [-0.05, 0) is 36.2 Å². The molecular formula is C23H19F3N4O4. The number of nitrogens with zero attached hydrogens (tertiary/aromatic N) is 3. The number of alkyl halides is 2. The summed E-state index contributed by atoms with van der Waals surface area (Å²) in [5.41, 5.74) is 3.66. The topological polar surface area (TPSA) is 113 Å². The van der Waals surface area contributed by atoms with E-state index in [-0.39, 0.29) is 30.1 Å². The van der Waals surface area contributed by atoms with Gasteiger partial charge >= 0.3 is 0 Å². The van der Waals surface area contributed by atoms with E-state index in [0.29, 0.717) is 23.6 Å². The van der Waals surface area contributed by atoms with E-state index in [4.69, 9.17) is 19.6 Å². The van der Waals surface area contributed by atoms with Gasteiger partial charge in [0.1, 0.15) is 29.6 Å². The van der Waals surface area contributed by atoms with Gasteiger partial charge in [-0.2, -0.15) is 0 Å². The van der Waals surface area contributed by atoms with Crippen LogP contribution in [-0.4, -0.2) is 34.3 Å². The van der Waals surface area contributed by atoms with E-state index >= 15 is 0 Å². The molecule has 11 heteroatoms. The number of ketones is 1. The Morgan fingerprint density at radius 3 is 2.82 bits per heavy atom. The molecule has 0 spiro atoms. The maximum atomic E-state index is 14.8. The Morgan fingerprint density at radius 1 is 1.26 bits per heavy atom. The smallest absolute Gasteiger partial charge is 0.283 e. The summed E-state index contributed by atoms with van der Waals surface area (Å²) in [6.07, 6.45) is 0.904. The number of fused-ring (bicyclic) bond motifs is 1. The second kappa shape index (κ2) is 8.47. The van der Waals surface area contributed by atoms with Crippen molar-refractivity contribution in [1.29, 1.82) is 0 Å². The molecule has 0 unspecified atom stereocenters. The summed E-state index contributed by atoms with van der Waals surface area (Å²) in [5.74, 6) is -1.10. The normalized spacial score (nSPS) is 23.1. The number of halogens is 3. The molecule has 1 aliphatic carbocycles. The van der Waals surface area contributed by atoms with Crippen LogP contribution in [0, 0.1) is 11.7 Å². The number of hydrogen-bond acceptors (Lipinski definition) is 8. The molecule has 176 valence electrons. The zero-order valence-corrected chi connectivity index (χ0v) is 17.7. The second-order valence-corrected chi connectivity index (χ2v) is 8.08. The molecule has 3 atom stereocenters. The fourth-order valence-electron chi connectivity index (χ4n) is 4.17. The fourth-order valence-corrected chi connectivity index (χ4v) is 4.17. The van der Waals surface area contributed by atoms with Gasteiger partial charge in [-0.1, -0.05) is 6.07 Å². The van der Waals surface area contributed by atoms with Crippen molar-refractivity contribution >= 4 is 11.8 Å². The first-order valence-electron chi connectivity index (χ1n) is 10.5. The third-order valence-electron chi connectivity index (χ3n) is 5.89. The number of hydrogen-bond donors (Lipinski definition) is 1. The minimum absolute atomic E-state index is 0.103. The summed E-state index contributed by atoms with van der Waals surface area (Å²) in [6, 6.07) is 6.35. The number of aromatic nitrogens is 2. The van der Waals surface area contributed by atoms with Crippen LogP contribution in [0.1, 0.15) is 33.9 Å². The van der Waals surface area contributed by atoms with Crippen molar-refractivity contribution in [2.24, 2.45) is 16.6 Å². The monoisotopic (exact) mass is 472 g/mol. The minimum Gasteiger partial charge on any atom is -0.482 e. The van der Waals surface area contributed by atoms with Crippen LogP contribution >= 0.6 is 0 Å². The average Bonchev–Trinajstić information content (AvgIpc) is 3.41. The Morgan fingerprint density at radius 2 is 2.12 bits per heavy atom. The first kappa shape index (κ1) is 21.9. The van der Waals surface area contributed by atoms with E-state index in [1.807, 2.05) is 0 Å². The molecule has 34 heavy (non-hydrogen) atoms. The average molecular weight is 472 g/mol. The highest BCUT2D eigenvalue weighted by Crippen LogP contribution is 2.56. The quantitative estimate of drug-likeness (QED) is 0.500. The lowest BCUT2D eigenvalue weighted by molar-refractivity contribution is 0.0176. The first-order valence-corrected chi connectivity index (χ1v) is 10.5. The molecule has 2 aliphatic rings. The lowest BCUT2D eigenvalue weighted by Gasteiger charge is -2.33. The molecule has 0 saturated heterocycles. The molecule has 2 aromatic heterocycles. The molecule has 3 aromatic rings. The van der Waals surface area contributed by atoms with E-state index in [1.165, 1.54) is 36.9 Å². The summed E-state index contributed by atoms with van der Waals surface area (Å²) in [7, 11) is 0. The van der Waals surface area contributed by atoms with Gasteiger partial charge in [0.25, 0.3) is 12.4 Å². The highest BCUT2D eigenvalue weighted by atomic mass is 19.3. The molecule has 1 aliphatic heterocycles. The fraction of sp³-hybridized carbons (Fsp3) is 0.304. The summed E-state index contributed by atoms with van der Waals surface area (Å²) in [5, 5.41) is 0. The third kappa shape index (κ3) is 3.97. The van der Waals surface area contributed by atoms with Gasteiger partial charge in [-0.15, -0.1) is 0 Å². The van der Waals surface area contributed by atoms with Gasteiger partial charge < -0.3 is 19.6 Å². The molecule has 2 N–H and O–H groups in total. The van der Waals surface area contributed by atoms with Gasteiger partial charge in [0, 0.05) is 17.9 Å². The molecule has 8 nitrogen and oxygen atoms in total. The van der Waals surface area contributed by atoms with Crippen molar-refractivity contribution in [2.45, 2.75) is 37.5 Å². The highest BCUT2D eigenvalue weighted by Gasteiger charge is 2.64. The summed E-state index contributed by atoms with van der Waals surface area (Å²) >= 11 is 0. The van der Waals surface area contributed by atoms with Crippen molar-refractivity contribution in [3.8, 4) is 5.75 Å². The Kier molecular flexibility index (Phi) is 5.46. The molecule has 0 radical (unpaired) electrons. The van der Waals surface area contributed by atoms with Crippen molar-refractivity contribution in [1.82, 2.24) is 9.97 Å². The Labute approximate surface area is 191 Å². The predicted octanol–water partition coefficient (Wildman–Crippen LogP) is 3.41. The molecule has 1 fully saturated rings. The molecule has 0 bridgehead atoms. The lowest BCUT2D eigenvalue weighted by Crippen LogP contribution is -2.43. The van der Waals surface area contributed by atoms with E-state index in [9.17, 15) is 18.0 Å². The zero-order chi connectivity index (χ0) is 23.9. The molecular weight excluding hydrogens is 453 g/mol. The number of oxazole rings is 1. The number of carbonyl (C=O) groups excluding carboxylic acids is 1. The standard InChI is InChI=1S/C23H19F3N4O4/c24-16-3-1-12(7-14(16)23(21(25)26)15-9-19(15)34-22(27)30-23)8-18(31)17-4-2-13(10-29-17)33-11-20-28-5-6-32-20/h1-7,10,15,19,21H,8-9,11H2,(H2,27,30)/t15-,19+,23+/m0/s1. The summed E-state index contributed by atoms with van der Waals surface area (Å²) < 4.78 is 59.0. The van der Waals surface area contributed by atoms with E-state index in [1.54, 1.807) is 6.07 Å². The summed E-state index contributed by atoms with van der Waals surface area (Å²) in [6.45, 7) is 0.103. The number of rotatable bonds is 8. The first-order chi connectivity index (χ1) is 16.4. The van der Waals surface area contributed by atoms with Crippen LogP contribution in [0.4, 0.5) is 13.2 Å². The molecule has 3 heterocycles. The molecule has 0 amide bonds. The number of ether oxygens (including phenoxy) is 2. The van der Waals surface area contributed by atoms with E-state index < -0.39 is 35.8 Å². The SMILES string of the molecule is NC1=N[C@@](c2cc(CC(=O)c3ccc(OCc4ncco4)cn3)ccc2F)(C(F)F)[C@H]2C[C@H]2O1. The predicted molar refractivity (Wildman–Crippen MR) is 112 cm³/mol. The Bertz CT molecular complexity index is 1230. The summed E-state index contributed by atoms with van der Waals surface area (Å²) in [4.78, 5) is 24.6. The molecule has 5 rings (SSSR count). The van der Waals surface area contributed by atoms with Crippen molar-refractivity contribution < 1.29 is 31.9 Å². The number of nitrogens with two attached hydrogens (primary N) is 1. The number of benzene rings is 1. The molecule has 1 saturated carbocycles. The van der Waals surface area contributed by atoms with Gasteiger partial charge in [0.05, 0.1) is 12.4 Å². The number of carbonyl (C=O) groups is 1. The van der Waals surface area contributed by atoms with Crippen LogP contribution in [0.2, 0.25) is 0 Å². The zero-order valence-electron chi connectivity index (χ0n) is 17.7. The van der Waals surface area contributed by atoms with Crippen LogP contribution in [0.25, 0.3) is 0 Å². The van der Waals surface area contributed by atoms with Crippen LogP contribution in [0.15, 0.2) is 58.4 Å². The highest BCUT2D eigenvalue weighted by molar-refractivity contribution is 5.95. The van der Waals surface area contributed by atoms with Gasteiger partial charge in [0.2, 0.25) is 5.89 Å². The molecule has 1 aromatic carbocycles. The maximum Gasteiger partial charge on any atom is 0.283 e. The number of amidine groups is 1. The lowest BCUT2D eigenvalue weighted by atomic mass is 9.83. The number of pyridine rings is 1. The van der Waals surface area contributed by atoms with Crippen molar-refractivity contribution in [3.63, 3.8) is 0 Å². The van der Waals surface area contributed by atoms with Crippen LogP contribution < -0.4 is 10.5 Å². The van der Waals surface area contributed by atoms with Crippen molar-refractivity contribution in [3.05, 3.63) is 77.5 Å².